The molecule has 0 atom stereocenters. The first-order valence-corrected chi connectivity index (χ1v) is 8.23. The Bertz CT molecular complexity index is 867. The van der Waals surface area contributed by atoms with Crippen LogP contribution in [0.4, 0.5) is 10.5 Å². The third-order valence-electron chi connectivity index (χ3n) is 4.21. The average Bonchev–Trinajstić information content (AvgIpc) is 3.14. The molecule has 0 radical (unpaired) electrons. The van der Waals surface area contributed by atoms with Crippen LogP contribution in [0.2, 0.25) is 0 Å². The fourth-order valence-electron chi connectivity index (χ4n) is 2.80. The van der Waals surface area contributed by atoms with E-state index in [1.165, 1.54) is 0 Å². The molecule has 3 aromatic rings. The van der Waals surface area contributed by atoms with Crippen molar-refractivity contribution in [3.8, 4) is 11.3 Å². The number of aryl methyl sites for hydroxylation is 1. The average molecular weight is 337 g/mol. The van der Waals surface area contributed by atoms with Crippen molar-refractivity contribution < 1.29 is 9.21 Å². The largest absolute Gasteiger partial charge is 0.472 e. The summed E-state index contributed by atoms with van der Waals surface area (Å²) in [6, 6.07) is 5.71. The summed E-state index contributed by atoms with van der Waals surface area (Å²) in [6.07, 6.45) is 10.7. The molecule has 1 fully saturated rings. The number of furan rings is 1. The Morgan fingerprint density at radius 3 is 3.00 bits per heavy atom. The molecule has 2 amide bonds. The Balaban J connectivity index is 1.55. The summed E-state index contributed by atoms with van der Waals surface area (Å²) < 4.78 is 6.83. The van der Waals surface area contributed by atoms with Crippen LogP contribution in [0.3, 0.4) is 0 Å². The molecule has 4 rings (SSSR count). The first-order valence-electron chi connectivity index (χ1n) is 8.23. The Labute approximate surface area is 145 Å². The van der Waals surface area contributed by atoms with Crippen LogP contribution in [0, 0.1) is 0 Å². The molecule has 0 aromatic carbocycles. The molecule has 0 unspecified atom stereocenters. The number of carbonyl (C=O) groups is 1. The minimum absolute atomic E-state index is 0.123. The highest BCUT2D eigenvalue weighted by atomic mass is 16.3. The van der Waals surface area contributed by atoms with E-state index in [9.17, 15) is 4.79 Å². The molecular weight excluding hydrogens is 318 g/mol. The van der Waals surface area contributed by atoms with Gasteiger partial charge >= 0.3 is 6.03 Å². The molecule has 7 nitrogen and oxygen atoms in total. The number of amides is 2. The van der Waals surface area contributed by atoms with E-state index in [1.54, 1.807) is 29.6 Å². The van der Waals surface area contributed by atoms with Gasteiger partial charge < -0.3 is 14.6 Å². The van der Waals surface area contributed by atoms with Gasteiger partial charge in [-0.15, -0.1) is 0 Å². The Morgan fingerprint density at radius 1 is 1.44 bits per heavy atom. The van der Waals surface area contributed by atoms with Gasteiger partial charge in [0.1, 0.15) is 0 Å². The lowest BCUT2D eigenvalue weighted by molar-refractivity contribution is 0.206. The predicted octanol–water partition coefficient (Wildman–Crippen LogP) is 3.27. The number of nitrogens with one attached hydrogen (secondary N) is 1. The van der Waals surface area contributed by atoms with Crippen LogP contribution in [0.15, 0.2) is 53.7 Å². The number of pyridine rings is 1. The zero-order chi connectivity index (χ0) is 17.2. The summed E-state index contributed by atoms with van der Waals surface area (Å²) >= 11 is 0. The van der Waals surface area contributed by atoms with E-state index < -0.39 is 0 Å². The van der Waals surface area contributed by atoms with Crippen LogP contribution in [0.5, 0.6) is 0 Å². The Kier molecular flexibility index (Phi) is 3.97. The molecule has 1 aliphatic rings. The van der Waals surface area contributed by atoms with Crippen molar-refractivity contribution in [2.24, 2.45) is 7.05 Å². The smallest absolute Gasteiger partial charge is 0.322 e. The lowest BCUT2D eigenvalue weighted by atomic mass is 10.2. The zero-order valence-electron chi connectivity index (χ0n) is 13.9. The van der Waals surface area contributed by atoms with E-state index in [-0.39, 0.29) is 12.1 Å². The summed E-state index contributed by atoms with van der Waals surface area (Å²) in [7, 11) is 1.85. The summed E-state index contributed by atoms with van der Waals surface area (Å²) in [5, 5.41) is 7.19. The number of rotatable bonds is 5. The SMILES string of the molecule is Cn1cc(-c2ncccc2NC(=O)N(Cc2ccoc2)C2CC2)cn1. The molecule has 7 heteroatoms. The monoisotopic (exact) mass is 337 g/mol. The van der Waals surface area contributed by atoms with Gasteiger partial charge in [-0.2, -0.15) is 5.10 Å². The van der Waals surface area contributed by atoms with Crippen LogP contribution in [0.1, 0.15) is 18.4 Å². The van der Waals surface area contributed by atoms with Crippen molar-refractivity contribution >= 4 is 11.7 Å². The summed E-state index contributed by atoms with van der Waals surface area (Å²) in [5.74, 6) is 0. The second-order valence-electron chi connectivity index (χ2n) is 6.22. The molecule has 1 saturated carbocycles. The molecule has 0 spiro atoms. The summed E-state index contributed by atoms with van der Waals surface area (Å²) in [5.41, 5.74) is 3.24. The van der Waals surface area contributed by atoms with Crippen molar-refractivity contribution in [2.75, 3.05) is 5.32 Å². The van der Waals surface area contributed by atoms with Crippen LogP contribution < -0.4 is 5.32 Å². The molecule has 3 aromatic heterocycles. The fraction of sp³-hybridized carbons (Fsp3) is 0.278. The van der Waals surface area contributed by atoms with E-state index in [2.05, 4.69) is 15.4 Å². The minimum atomic E-state index is -0.123. The van der Waals surface area contributed by atoms with Gasteiger partial charge in [0, 0.05) is 36.6 Å². The van der Waals surface area contributed by atoms with Crippen molar-refractivity contribution in [1.29, 1.82) is 0 Å². The number of aromatic nitrogens is 3. The first-order chi connectivity index (χ1) is 12.2. The van der Waals surface area contributed by atoms with Crippen LogP contribution in [-0.4, -0.2) is 31.7 Å². The molecule has 1 N–H and O–H groups in total. The molecule has 0 aliphatic heterocycles. The minimum Gasteiger partial charge on any atom is -0.472 e. The normalized spacial score (nSPS) is 13.6. The van der Waals surface area contributed by atoms with Gasteiger partial charge in [-0.25, -0.2) is 4.79 Å². The van der Waals surface area contributed by atoms with Crippen molar-refractivity contribution in [3.63, 3.8) is 0 Å². The van der Waals surface area contributed by atoms with E-state index >= 15 is 0 Å². The van der Waals surface area contributed by atoms with Gasteiger partial charge in [0.15, 0.2) is 0 Å². The van der Waals surface area contributed by atoms with E-state index in [0.717, 1.165) is 24.0 Å². The molecule has 128 valence electrons. The molecule has 25 heavy (non-hydrogen) atoms. The van der Waals surface area contributed by atoms with E-state index in [0.29, 0.717) is 17.9 Å². The van der Waals surface area contributed by atoms with Crippen molar-refractivity contribution in [2.45, 2.75) is 25.4 Å². The molecule has 0 bridgehead atoms. The molecule has 3 heterocycles. The van der Waals surface area contributed by atoms with Gasteiger partial charge in [-0.05, 0) is 31.0 Å². The third kappa shape index (κ3) is 3.40. The van der Waals surface area contributed by atoms with Gasteiger partial charge in [-0.1, -0.05) is 0 Å². The zero-order valence-corrected chi connectivity index (χ0v) is 13.9. The molecule has 0 saturated heterocycles. The van der Waals surface area contributed by atoms with Gasteiger partial charge in [0.25, 0.3) is 0 Å². The fourth-order valence-corrected chi connectivity index (χ4v) is 2.80. The quantitative estimate of drug-likeness (QED) is 0.775. The predicted molar refractivity (Wildman–Crippen MR) is 92.7 cm³/mol. The Hall–Kier alpha value is -3.09. The van der Waals surface area contributed by atoms with Crippen LogP contribution in [-0.2, 0) is 13.6 Å². The van der Waals surface area contributed by atoms with E-state index in [4.69, 9.17) is 4.42 Å². The van der Waals surface area contributed by atoms with Crippen LogP contribution in [0.25, 0.3) is 11.3 Å². The topological polar surface area (TPSA) is 76.2 Å². The van der Waals surface area contributed by atoms with Crippen molar-refractivity contribution in [1.82, 2.24) is 19.7 Å². The van der Waals surface area contributed by atoms with Gasteiger partial charge in [0.2, 0.25) is 0 Å². The van der Waals surface area contributed by atoms with Crippen LogP contribution >= 0.6 is 0 Å². The highest BCUT2D eigenvalue weighted by Crippen LogP contribution is 2.30. The maximum absolute atomic E-state index is 12.8. The standard InChI is InChI=1S/C18H19N5O2/c1-22-11-14(9-20-22)17-16(3-2-7-19-17)21-18(24)23(15-4-5-15)10-13-6-8-25-12-13/h2-3,6-9,11-12,15H,4-5,10H2,1H3,(H,21,24). The number of urea groups is 1. The summed E-state index contributed by atoms with van der Waals surface area (Å²) in [4.78, 5) is 19.1. The maximum Gasteiger partial charge on any atom is 0.322 e. The lowest BCUT2D eigenvalue weighted by Gasteiger charge is -2.22. The first kappa shape index (κ1) is 15.4. The highest BCUT2D eigenvalue weighted by Gasteiger charge is 2.33. The number of carbonyl (C=O) groups excluding carboxylic acids is 1. The van der Waals surface area contributed by atoms with Gasteiger partial charge in [-0.3, -0.25) is 9.67 Å². The molecular formula is C18H19N5O2. The van der Waals surface area contributed by atoms with Gasteiger partial charge in [0.05, 0.1) is 36.6 Å². The third-order valence-corrected chi connectivity index (χ3v) is 4.21. The maximum atomic E-state index is 12.8. The second-order valence-corrected chi connectivity index (χ2v) is 6.22. The highest BCUT2D eigenvalue weighted by molar-refractivity contribution is 5.93. The number of nitrogens with zero attached hydrogens (tertiary/aromatic N) is 4. The summed E-state index contributed by atoms with van der Waals surface area (Å²) in [6.45, 7) is 0.537. The Morgan fingerprint density at radius 2 is 2.32 bits per heavy atom. The van der Waals surface area contributed by atoms with E-state index in [1.807, 2.05) is 36.3 Å². The number of hydrogen-bond donors (Lipinski definition) is 1. The number of anilines is 1. The second kappa shape index (κ2) is 6.43. The lowest BCUT2D eigenvalue weighted by Crippen LogP contribution is -2.36. The molecule has 1 aliphatic carbocycles. The van der Waals surface area contributed by atoms with Crippen molar-refractivity contribution in [3.05, 3.63) is 54.9 Å². The number of hydrogen-bond acceptors (Lipinski definition) is 4.